The van der Waals surface area contributed by atoms with Crippen molar-refractivity contribution >= 4 is 23.4 Å². The van der Waals surface area contributed by atoms with Crippen molar-refractivity contribution in [1.82, 2.24) is 9.80 Å². The standard InChI is InChI=1S/C12H21ClN2O2/c1-3-11(16)14-5-4-6-15(8-7-14)12(17)10(2)9-13/h10H,3-9H2,1-2H3. The first kappa shape index (κ1) is 14.3. The third kappa shape index (κ3) is 3.87. The second kappa shape index (κ2) is 6.84. The first-order chi connectivity index (χ1) is 8.10. The van der Waals surface area contributed by atoms with Crippen molar-refractivity contribution in [2.24, 2.45) is 5.92 Å². The lowest BCUT2D eigenvalue weighted by Crippen LogP contribution is -2.39. The smallest absolute Gasteiger partial charge is 0.226 e. The maximum absolute atomic E-state index is 12.0. The second-order valence-corrected chi connectivity index (χ2v) is 4.78. The van der Waals surface area contributed by atoms with E-state index < -0.39 is 0 Å². The van der Waals surface area contributed by atoms with Crippen molar-refractivity contribution in [2.75, 3.05) is 32.1 Å². The fourth-order valence-electron chi connectivity index (χ4n) is 1.99. The van der Waals surface area contributed by atoms with Crippen LogP contribution in [0.4, 0.5) is 0 Å². The Morgan fingerprint density at radius 1 is 1.18 bits per heavy atom. The van der Waals surface area contributed by atoms with Gasteiger partial charge in [0.1, 0.15) is 0 Å². The molecule has 5 heteroatoms. The van der Waals surface area contributed by atoms with Crippen molar-refractivity contribution in [3.8, 4) is 0 Å². The van der Waals surface area contributed by atoms with Crippen LogP contribution in [0.2, 0.25) is 0 Å². The topological polar surface area (TPSA) is 40.6 Å². The fraction of sp³-hybridized carbons (Fsp3) is 0.833. The zero-order chi connectivity index (χ0) is 12.8. The van der Waals surface area contributed by atoms with Crippen LogP contribution in [0.5, 0.6) is 0 Å². The number of carbonyl (C=O) groups is 2. The number of alkyl halides is 1. The van der Waals surface area contributed by atoms with Gasteiger partial charge in [-0.3, -0.25) is 9.59 Å². The van der Waals surface area contributed by atoms with E-state index in [-0.39, 0.29) is 17.7 Å². The molecule has 1 heterocycles. The Balaban J connectivity index is 2.53. The van der Waals surface area contributed by atoms with Crippen LogP contribution >= 0.6 is 11.6 Å². The fourth-order valence-corrected chi connectivity index (χ4v) is 2.12. The van der Waals surface area contributed by atoms with E-state index in [0.29, 0.717) is 25.4 Å². The van der Waals surface area contributed by atoms with E-state index in [2.05, 4.69) is 0 Å². The number of nitrogens with zero attached hydrogens (tertiary/aromatic N) is 2. The molecule has 0 saturated carbocycles. The van der Waals surface area contributed by atoms with Crippen molar-refractivity contribution in [3.05, 3.63) is 0 Å². The van der Waals surface area contributed by atoms with Crippen LogP contribution in [0.25, 0.3) is 0 Å². The van der Waals surface area contributed by atoms with Gasteiger partial charge in [0.05, 0.1) is 0 Å². The SMILES string of the molecule is CCC(=O)N1CCCN(C(=O)C(C)CCl)CC1. The van der Waals surface area contributed by atoms with E-state index in [0.717, 1.165) is 19.5 Å². The first-order valence-corrected chi connectivity index (χ1v) is 6.76. The summed E-state index contributed by atoms with van der Waals surface area (Å²) >= 11 is 5.70. The summed E-state index contributed by atoms with van der Waals surface area (Å²) in [5.41, 5.74) is 0. The summed E-state index contributed by atoms with van der Waals surface area (Å²) in [5.74, 6) is 0.494. The van der Waals surface area contributed by atoms with Gasteiger partial charge in [0, 0.05) is 44.4 Å². The van der Waals surface area contributed by atoms with Crippen LogP contribution in [0.1, 0.15) is 26.7 Å². The Hall–Kier alpha value is -0.770. The monoisotopic (exact) mass is 260 g/mol. The molecular weight excluding hydrogens is 240 g/mol. The molecule has 0 aromatic carbocycles. The highest BCUT2D eigenvalue weighted by Gasteiger charge is 2.23. The molecule has 0 radical (unpaired) electrons. The molecule has 98 valence electrons. The highest BCUT2D eigenvalue weighted by Crippen LogP contribution is 2.10. The molecular formula is C12H21ClN2O2. The predicted octanol–water partition coefficient (Wildman–Crippen LogP) is 1.33. The highest BCUT2D eigenvalue weighted by molar-refractivity contribution is 6.19. The van der Waals surface area contributed by atoms with E-state index >= 15 is 0 Å². The predicted molar refractivity (Wildman–Crippen MR) is 68.0 cm³/mol. The third-order valence-corrected chi connectivity index (χ3v) is 3.58. The van der Waals surface area contributed by atoms with Gasteiger partial charge in [-0.05, 0) is 6.42 Å². The summed E-state index contributed by atoms with van der Waals surface area (Å²) in [6, 6.07) is 0. The second-order valence-electron chi connectivity index (χ2n) is 4.47. The summed E-state index contributed by atoms with van der Waals surface area (Å²) < 4.78 is 0. The van der Waals surface area contributed by atoms with Crippen molar-refractivity contribution in [1.29, 1.82) is 0 Å². The molecule has 1 aliphatic heterocycles. The van der Waals surface area contributed by atoms with Crippen molar-refractivity contribution in [3.63, 3.8) is 0 Å². The lowest BCUT2D eigenvalue weighted by atomic mass is 10.2. The van der Waals surface area contributed by atoms with Crippen LogP contribution in [0.15, 0.2) is 0 Å². The number of amides is 2. The van der Waals surface area contributed by atoms with E-state index in [1.807, 2.05) is 23.6 Å². The minimum atomic E-state index is -0.134. The van der Waals surface area contributed by atoms with Crippen LogP contribution < -0.4 is 0 Å². The van der Waals surface area contributed by atoms with Gasteiger partial charge in [-0.15, -0.1) is 11.6 Å². The lowest BCUT2D eigenvalue weighted by Gasteiger charge is -2.23. The summed E-state index contributed by atoms with van der Waals surface area (Å²) in [7, 11) is 0. The maximum Gasteiger partial charge on any atom is 0.226 e. The van der Waals surface area contributed by atoms with E-state index in [1.165, 1.54) is 0 Å². The summed E-state index contributed by atoms with van der Waals surface area (Å²) in [6.07, 6.45) is 1.39. The average molecular weight is 261 g/mol. The number of halogens is 1. The van der Waals surface area contributed by atoms with Gasteiger partial charge < -0.3 is 9.80 Å². The zero-order valence-electron chi connectivity index (χ0n) is 10.6. The third-order valence-electron chi connectivity index (χ3n) is 3.12. The molecule has 4 nitrogen and oxygen atoms in total. The molecule has 1 unspecified atom stereocenters. The summed E-state index contributed by atoms with van der Waals surface area (Å²) in [5, 5.41) is 0. The molecule has 1 aliphatic rings. The largest absolute Gasteiger partial charge is 0.341 e. The van der Waals surface area contributed by atoms with Gasteiger partial charge >= 0.3 is 0 Å². The molecule has 1 rings (SSSR count). The summed E-state index contributed by atoms with van der Waals surface area (Å²) in [6.45, 7) is 6.47. The minimum absolute atomic E-state index is 0.103. The Morgan fingerprint density at radius 3 is 2.35 bits per heavy atom. The van der Waals surface area contributed by atoms with Gasteiger partial charge in [-0.1, -0.05) is 13.8 Å². The lowest BCUT2D eigenvalue weighted by molar-refractivity contribution is -0.135. The van der Waals surface area contributed by atoms with E-state index in [4.69, 9.17) is 11.6 Å². The van der Waals surface area contributed by atoms with Crippen molar-refractivity contribution < 1.29 is 9.59 Å². The molecule has 17 heavy (non-hydrogen) atoms. The van der Waals surface area contributed by atoms with Gasteiger partial charge in [-0.2, -0.15) is 0 Å². The van der Waals surface area contributed by atoms with E-state index in [1.54, 1.807) is 0 Å². The number of rotatable bonds is 3. The van der Waals surface area contributed by atoms with Crippen LogP contribution in [0.3, 0.4) is 0 Å². The molecule has 0 aromatic rings. The quantitative estimate of drug-likeness (QED) is 0.719. The van der Waals surface area contributed by atoms with Crippen molar-refractivity contribution in [2.45, 2.75) is 26.7 Å². The van der Waals surface area contributed by atoms with Crippen LogP contribution in [-0.2, 0) is 9.59 Å². The first-order valence-electron chi connectivity index (χ1n) is 6.22. The molecule has 0 aliphatic carbocycles. The van der Waals surface area contributed by atoms with Crippen LogP contribution in [-0.4, -0.2) is 53.7 Å². The molecule has 0 spiro atoms. The normalized spacial score (nSPS) is 18.8. The van der Waals surface area contributed by atoms with Gasteiger partial charge in [-0.25, -0.2) is 0 Å². The Bertz CT molecular complexity index is 284. The molecule has 1 saturated heterocycles. The number of hydrogen-bond acceptors (Lipinski definition) is 2. The average Bonchev–Trinajstić information content (AvgIpc) is 2.61. The Morgan fingerprint density at radius 2 is 1.76 bits per heavy atom. The minimum Gasteiger partial charge on any atom is -0.341 e. The molecule has 0 N–H and O–H groups in total. The molecule has 0 bridgehead atoms. The molecule has 1 atom stereocenters. The Labute approximate surface area is 108 Å². The van der Waals surface area contributed by atoms with Gasteiger partial charge in [0.15, 0.2) is 0 Å². The number of carbonyl (C=O) groups excluding carboxylic acids is 2. The zero-order valence-corrected chi connectivity index (χ0v) is 11.4. The molecule has 0 aromatic heterocycles. The maximum atomic E-state index is 12.0. The van der Waals surface area contributed by atoms with Crippen LogP contribution in [0, 0.1) is 5.92 Å². The van der Waals surface area contributed by atoms with E-state index in [9.17, 15) is 9.59 Å². The van der Waals surface area contributed by atoms with Gasteiger partial charge in [0.2, 0.25) is 11.8 Å². The number of hydrogen-bond donors (Lipinski definition) is 0. The molecule has 1 fully saturated rings. The van der Waals surface area contributed by atoms with Gasteiger partial charge in [0.25, 0.3) is 0 Å². The highest BCUT2D eigenvalue weighted by atomic mass is 35.5. The Kier molecular flexibility index (Phi) is 5.75. The molecule has 2 amide bonds. The summed E-state index contributed by atoms with van der Waals surface area (Å²) in [4.78, 5) is 27.2.